The Morgan fingerprint density at radius 3 is 2.85 bits per heavy atom. The second-order valence-corrected chi connectivity index (χ2v) is 4.95. The Hall–Kier alpha value is -1.75. The third-order valence-corrected chi connectivity index (χ3v) is 3.27. The zero-order valence-corrected chi connectivity index (χ0v) is 11.7. The highest BCUT2D eigenvalue weighted by atomic mass is 16.6. The quantitative estimate of drug-likeness (QED) is 0.801. The summed E-state index contributed by atoms with van der Waals surface area (Å²) in [4.78, 5) is 13.6. The van der Waals surface area contributed by atoms with Gasteiger partial charge in [0.1, 0.15) is 6.61 Å². The maximum atomic E-state index is 11.9. The summed E-state index contributed by atoms with van der Waals surface area (Å²) in [7, 11) is 1.77. The lowest BCUT2D eigenvalue weighted by molar-refractivity contribution is -0.131. The first-order chi connectivity index (χ1) is 9.70. The van der Waals surface area contributed by atoms with E-state index in [1.54, 1.807) is 11.9 Å². The predicted molar refractivity (Wildman–Crippen MR) is 74.9 cm³/mol. The number of aliphatic hydroxyl groups excluding tert-OH is 1. The topological polar surface area (TPSA) is 59.0 Å². The molecular weight excluding hydrogens is 258 g/mol. The number of rotatable bonds is 6. The number of amides is 1. The van der Waals surface area contributed by atoms with Crippen LogP contribution in [0.25, 0.3) is 0 Å². The van der Waals surface area contributed by atoms with Gasteiger partial charge in [-0.3, -0.25) is 4.79 Å². The van der Waals surface area contributed by atoms with Gasteiger partial charge in [0.25, 0.3) is 0 Å². The highest BCUT2D eigenvalue weighted by Crippen LogP contribution is 2.30. The van der Waals surface area contributed by atoms with Gasteiger partial charge in [-0.15, -0.1) is 0 Å². The Morgan fingerprint density at radius 1 is 1.35 bits per heavy atom. The van der Waals surface area contributed by atoms with Crippen LogP contribution in [0.3, 0.4) is 0 Å². The number of fused-ring (bicyclic) bond motifs is 1. The second kappa shape index (κ2) is 7.14. The van der Waals surface area contributed by atoms with E-state index in [1.807, 2.05) is 24.3 Å². The van der Waals surface area contributed by atoms with E-state index in [9.17, 15) is 4.79 Å². The van der Waals surface area contributed by atoms with Crippen molar-refractivity contribution in [2.24, 2.45) is 0 Å². The molecule has 20 heavy (non-hydrogen) atoms. The number of nitrogens with zero attached hydrogens (tertiary/aromatic N) is 1. The van der Waals surface area contributed by atoms with Gasteiger partial charge in [0.05, 0.1) is 6.54 Å². The highest BCUT2D eigenvalue weighted by molar-refractivity contribution is 5.75. The van der Waals surface area contributed by atoms with E-state index < -0.39 is 0 Å². The van der Waals surface area contributed by atoms with Crippen LogP contribution >= 0.6 is 0 Å². The van der Waals surface area contributed by atoms with Crippen molar-refractivity contribution < 1.29 is 19.4 Å². The summed E-state index contributed by atoms with van der Waals surface area (Å²) in [6.45, 7) is 1.09. The van der Waals surface area contributed by atoms with E-state index >= 15 is 0 Å². The van der Waals surface area contributed by atoms with Crippen LogP contribution < -0.4 is 9.47 Å². The van der Waals surface area contributed by atoms with Crippen LogP contribution in [0, 0.1) is 0 Å². The molecular formula is C15H21NO4. The largest absolute Gasteiger partial charge is 0.486 e. The molecule has 1 amide bonds. The molecule has 0 spiro atoms. The van der Waals surface area contributed by atoms with Crippen molar-refractivity contribution in [3.63, 3.8) is 0 Å². The molecule has 1 aliphatic heterocycles. The number of unbranched alkanes of at least 4 members (excludes halogenated alkanes) is 1. The van der Waals surface area contributed by atoms with Crippen molar-refractivity contribution in [3.8, 4) is 11.5 Å². The fourth-order valence-corrected chi connectivity index (χ4v) is 2.14. The van der Waals surface area contributed by atoms with E-state index in [1.165, 1.54) is 0 Å². The first-order valence-electron chi connectivity index (χ1n) is 6.94. The summed E-state index contributed by atoms with van der Waals surface area (Å²) in [5.74, 6) is 1.55. The number of hydrogen-bond donors (Lipinski definition) is 1. The van der Waals surface area contributed by atoms with E-state index in [2.05, 4.69) is 0 Å². The molecule has 0 aromatic heterocycles. The molecule has 5 heteroatoms. The number of aliphatic hydroxyl groups is 1. The zero-order valence-electron chi connectivity index (χ0n) is 11.7. The van der Waals surface area contributed by atoms with Gasteiger partial charge in [-0.05, 0) is 25.0 Å². The lowest BCUT2D eigenvalue weighted by Crippen LogP contribution is -2.41. The Labute approximate surface area is 119 Å². The molecule has 1 aromatic rings. The summed E-state index contributed by atoms with van der Waals surface area (Å²) in [6, 6.07) is 7.54. The van der Waals surface area contributed by atoms with Gasteiger partial charge in [-0.1, -0.05) is 12.1 Å². The lowest BCUT2D eigenvalue weighted by atomic mass is 10.2. The number of hydrogen-bond acceptors (Lipinski definition) is 4. The number of carbonyl (C=O) groups is 1. The maximum absolute atomic E-state index is 11.9. The average Bonchev–Trinajstić information content (AvgIpc) is 2.47. The fourth-order valence-electron chi connectivity index (χ4n) is 2.14. The van der Waals surface area contributed by atoms with Crippen LogP contribution in [-0.4, -0.2) is 48.8 Å². The standard InChI is InChI=1S/C15H21NO4/c1-16(15(18)8-4-5-9-17)10-12-11-19-13-6-2-3-7-14(13)20-12/h2-3,6-7,12,17H,4-5,8-11H2,1H3. The van der Waals surface area contributed by atoms with Gasteiger partial charge in [-0.25, -0.2) is 0 Å². The van der Waals surface area contributed by atoms with Gasteiger partial charge < -0.3 is 19.5 Å². The van der Waals surface area contributed by atoms with Crippen LogP contribution in [0.2, 0.25) is 0 Å². The summed E-state index contributed by atoms with van der Waals surface area (Å²) in [5, 5.41) is 8.71. The molecule has 1 aromatic carbocycles. The van der Waals surface area contributed by atoms with Gasteiger partial charge >= 0.3 is 0 Å². The number of ether oxygens (including phenoxy) is 2. The molecule has 1 N–H and O–H groups in total. The number of likely N-dealkylation sites (N-methyl/N-ethyl adjacent to an activating group) is 1. The lowest BCUT2D eigenvalue weighted by Gasteiger charge is -2.29. The predicted octanol–water partition coefficient (Wildman–Crippen LogP) is 1.45. The molecule has 0 radical (unpaired) electrons. The normalized spacial score (nSPS) is 16.8. The Morgan fingerprint density at radius 2 is 2.10 bits per heavy atom. The Bertz CT molecular complexity index is 449. The molecule has 1 heterocycles. The molecule has 110 valence electrons. The van der Waals surface area contributed by atoms with E-state index in [-0.39, 0.29) is 18.6 Å². The monoisotopic (exact) mass is 279 g/mol. The minimum absolute atomic E-state index is 0.0703. The van der Waals surface area contributed by atoms with Gasteiger partial charge in [0.15, 0.2) is 17.6 Å². The van der Waals surface area contributed by atoms with Crippen LogP contribution in [0.1, 0.15) is 19.3 Å². The van der Waals surface area contributed by atoms with Gasteiger partial charge in [0, 0.05) is 20.1 Å². The molecule has 5 nitrogen and oxygen atoms in total. The van der Waals surface area contributed by atoms with Gasteiger partial charge in [-0.2, -0.15) is 0 Å². The minimum atomic E-state index is -0.142. The molecule has 1 unspecified atom stereocenters. The number of carbonyl (C=O) groups excluding carboxylic acids is 1. The Kier molecular flexibility index (Phi) is 5.24. The van der Waals surface area contributed by atoms with Crippen LogP contribution in [0.15, 0.2) is 24.3 Å². The number of para-hydroxylation sites is 2. The smallest absolute Gasteiger partial charge is 0.222 e. The first kappa shape index (κ1) is 14.7. The maximum Gasteiger partial charge on any atom is 0.222 e. The minimum Gasteiger partial charge on any atom is -0.486 e. The van der Waals surface area contributed by atoms with Crippen molar-refractivity contribution in [2.75, 3.05) is 26.8 Å². The van der Waals surface area contributed by atoms with Crippen LogP contribution in [-0.2, 0) is 4.79 Å². The summed E-state index contributed by atoms with van der Waals surface area (Å²) >= 11 is 0. The highest BCUT2D eigenvalue weighted by Gasteiger charge is 2.23. The van der Waals surface area contributed by atoms with Crippen molar-refractivity contribution >= 4 is 5.91 Å². The molecule has 0 bridgehead atoms. The first-order valence-corrected chi connectivity index (χ1v) is 6.94. The van der Waals surface area contributed by atoms with Crippen molar-refractivity contribution in [2.45, 2.75) is 25.4 Å². The van der Waals surface area contributed by atoms with Crippen LogP contribution in [0.4, 0.5) is 0 Å². The average molecular weight is 279 g/mol. The molecule has 0 fully saturated rings. The molecule has 1 atom stereocenters. The molecule has 0 saturated carbocycles. The SMILES string of the molecule is CN(CC1COc2ccccc2O1)C(=O)CCCCO. The Balaban J connectivity index is 1.81. The zero-order chi connectivity index (χ0) is 14.4. The second-order valence-electron chi connectivity index (χ2n) is 4.95. The number of benzene rings is 1. The van der Waals surface area contributed by atoms with E-state index in [0.717, 1.165) is 11.5 Å². The van der Waals surface area contributed by atoms with Crippen LogP contribution in [0.5, 0.6) is 11.5 Å². The van der Waals surface area contributed by atoms with Crippen molar-refractivity contribution in [1.29, 1.82) is 0 Å². The third kappa shape index (κ3) is 3.87. The molecule has 2 rings (SSSR count). The van der Waals surface area contributed by atoms with Crippen molar-refractivity contribution in [3.05, 3.63) is 24.3 Å². The van der Waals surface area contributed by atoms with E-state index in [0.29, 0.717) is 32.4 Å². The van der Waals surface area contributed by atoms with Gasteiger partial charge in [0.2, 0.25) is 5.91 Å². The third-order valence-electron chi connectivity index (χ3n) is 3.27. The molecule has 0 aliphatic carbocycles. The van der Waals surface area contributed by atoms with Crippen molar-refractivity contribution in [1.82, 2.24) is 4.90 Å². The molecule has 0 saturated heterocycles. The fraction of sp³-hybridized carbons (Fsp3) is 0.533. The summed E-state index contributed by atoms with van der Waals surface area (Å²) in [5.41, 5.74) is 0. The molecule has 1 aliphatic rings. The summed E-state index contributed by atoms with van der Waals surface area (Å²) in [6.07, 6.45) is 1.69. The summed E-state index contributed by atoms with van der Waals surface area (Å²) < 4.78 is 11.4. The van der Waals surface area contributed by atoms with E-state index in [4.69, 9.17) is 14.6 Å².